The molecular formula is C15H14F4O3S. The molecule has 8 heteroatoms. The van der Waals surface area contributed by atoms with E-state index in [0.717, 1.165) is 11.6 Å². The standard InChI is InChI=1S/C15H14F4O3S/c16-14(17)15(18,19)22-11-3-1-2-9(6-11)10-7-12-4-5-13(8-10)23(12,20)21/h1-3,6-7,12-14H,4-5,8H2. The smallest absolute Gasteiger partial charge is 0.428 e. The van der Waals surface area contributed by atoms with Crippen molar-refractivity contribution in [2.75, 3.05) is 0 Å². The fraction of sp³-hybridized carbons (Fsp3) is 0.467. The highest BCUT2D eigenvalue weighted by molar-refractivity contribution is 7.93. The second-order valence-electron chi connectivity index (χ2n) is 5.72. The molecular weight excluding hydrogens is 336 g/mol. The summed E-state index contributed by atoms with van der Waals surface area (Å²) in [7, 11) is -3.15. The van der Waals surface area contributed by atoms with Crippen LogP contribution < -0.4 is 4.74 Å². The number of hydrogen-bond donors (Lipinski definition) is 0. The maximum Gasteiger partial charge on any atom is 0.461 e. The van der Waals surface area contributed by atoms with Crippen LogP contribution in [0.4, 0.5) is 17.6 Å². The Morgan fingerprint density at radius 3 is 2.61 bits per heavy atom. The van der Waals surface area contributed by atoms with E-state index in [9.17, 15) is 26.0 Å². The summed E-state index contributed by atoms with van der Waals surface area (Å²) in [4.78, 5) is 0. The van der Waals surface area contributed by atoms with Crippen molar-refractivity contribution in [2.45, 2.75) is 42.3 Å². The third-order valence-corrected chi connectivity index (χ3v) is 6.75. The molecule has 1 fully saturated rings. The zero-order valence-corrected chi connectivity index (χ0v) is 12.7. The lowest BCUT2D eigenvalue weighted by Crippen LogP contribution is -2.33. The molecule has 0 aliphatic carbocycles. The summed E-state index contributed by atoms with van der Waals surface area (Å²) in [5.74, 6) is -0.380. The molecule has 0 saturated carbocycles. The maximum absolute atomic E-state index is 13.0. The summed E-state index contributed by atoms with van der Waals surface area (Å²) in [6.45, 7) is 0. The first kappa shape index (κ1) is 16.3. The Balaban J connectivity index is 1.87. The second kappa shape index (κ2) is 5.51. The van der Waals surface area contributed by atoms with E-state index in [1.807, 2.05) is 0 Å². The molecule has 0 radical (unpaired) electrons. The molecule has 3 nitrogen and oxygen atoms in total. The van der Waals surface area contributed by atoms with Crippen LogP contribution in [0.5, 0.6) is 5.75 Å². The number of fused-ring (bicyclic) bond motifs is 2. The van der Waals surface area contributed by atoms with E-state index in [1.165, 1.54) is 12.1 Å². The van der Waals surface area contributed by atoms with E-state index in [4.69, 9.17) is 0 Å². The van der Waals surface area contributed by atoms with Gasteiger partial charge in [-0.2, -0.15) is 17.6 Å². The van der Waals surface area contributed by atoms with Gasteiger partial charge in [-0.1, -0.05) is 18.2 Å². The minimum Gasteiger partial charge on any atom is -0.428 e. The van der Waals surface area contributed by atoms with Crippen LogP contribution in [-0.4, -0.2) is 31.5 Å². The molecule has 0 spiro atoms. The van der Waals surface area contributed by atoms with E-state index in [0.29, 0.717) is 24.8 Å². The molecule has 1 aromatic carbocycles. The van der Waals surface area contributed by atoms with E-state index in [2.05, 4.69) is 4.74 Å². The molecule has 23 heavy (non-hydrogen) atoms. The third kappa shape index (κ3) is 2.96. The average molecular weight is 350 g/mol. The normalized spacial score (nSPS) is 26.2. The zero-order chi connectivity index (χ0) is 16.8. The van der Waals surface area contributed by atoms with Gasteiger partial charge in [-0.25, -0.2) is 8.42 Å². The minimum absolute atomic E-state index is 0.299. The van der Waals surface area contributed by atoms with Crippen molar-refractivity contribution in [1.82, 2.24) is 0 Å². The zero-order valence-electron chi connectivity index (χ0n) is 11.9. The van der Waals surface area contributed by atoms with Crippen molar-refractivity contribution < 1.29 is 30.7 Å². The quantitative estimate of drug-likeness (QED) is 0.779. The molecule has 1 aromatic rings. The number of hydrogen-bond acceptors (Lipinski definition) is 3. The van der Waals surface area contributed by atoms with E-state index in [1.54, 1.807) is 12.1 Å². The highest BCUT2D eigenvalue weighted by atomic mass is 32.2. The molecule has 2 atom stereocenters. The molecule has 0 N–H and O–H groups in total. The van der Waals surface area contributed by atoms with Crippen molar-refractivity contribution in [2.24, 2.45) is 0 Å². The first-order chi connectivity index (χ1) is 10.7. The van der Waals surface area contributed by atoms with Gasteiger partial charge in [0.15, 0.2) is 9.84 Å². The summed E-state index contributed by atoms with van der Waals surface area (Å²) in [6.07, 6.45) is -5.44. The highest BCUT2D eigenvalue weighted by Gasteiger charge is 2.45. The van der Waals surface area contributed by atoms with E-state index >= 15 is 0 Å². The molecule has 126 valence electrons. The van der Waals surface area contributed by atoms with Crippen LogP contribution in [0.15, 0.2) is 30.3 Å². The molecule has 2 heterocycles. The number of halogens is 4. The van der Waals surface area contributed by atoms with Gasteiger partial charge in [-0.15, -0.1) is 0 Å². The Hall–Kier alpha value is -1.57. The van der Waals surface area contributed by atoms with Gasteiger partial charge in [0.05, 0.1) is 10.5 Å². The van der Waals surface area contributed by atoms with Gasteiger partial charge >= 0.3 is 12.5 Å². The van der Waals surface area contributed by atoms with Crippen molar-refractivity contribution >= 4 is 15.4 Å². The molecule has 0 amide bonds. The van der Waals surface area contributed by atoms with Crippen molar-refractivity contribution in [1.29, 1.82) is 0 Å². The van der Waals surface area contributed by atoms with Gasteiger partial charge in [0.1, 0.15) is 5.75 Å². The molecule has 2 unspecified atom stereocenters. The molecule has 2 aliphatic heterocycles. The Labute approximate surface area is 130 Å². The third-order valence-electron chi connectivity index (χ3n) is 4.21. The first-order valence-electron chi connectivity index (χ1n) is 7.09. The van der Waals surface area contributed by atoms with Gasteiger partial charge in [0.2, 0.25) is 0 Å². The number of ether oxygens (including phenoxy) is 1. The maximum atomic E-state index is 13.0. The van der Waals surface area contributed by atoms with Crippen molar-refractivity contribution in [3.05, 3.63) is 35.9 Å². The van der Waals surface area contributed by atoms with Gasteiger partial charge < -0.3 is 4.74 Å². The SMILES string of the molecule is O=S1(=O)C2C=C(c3cccc(OC(F)(F)C(F)F)c3)CC1CC2. The predicted octanol–water partition coefficient (Wildman–Crippen LogP) is 3.66. The van der Waals surface area contributed by atoms with Crippen molar-refractivity contribution in [3.8, 4) is 5.75 Å². The van der Waals surface area contributed by atoms with Crippen LogP contribution in [0, 0.1) is 0 Å². The molecule has 1 saturated heterocycles. The number of rotatable bonds is 4. The van der Waals surface area contributed by atoms with Gasteiger partial charge in [-0.3, -0.25) is 0 Å². The average Bonchev–Trinajstić information content (AvgIpc) is 2.66. The first-order valence-corrected chi connectivity index (χ1v) is 8.70. The van der Waals surface area contributed by atoms with Gasteiger partial charge in [0.25, 0.3) is 0 Å². The van der Waals surface area contributed by atoms with Crippen LogP contribution in [-0.2, 0) is 9.84 Å². The van der Waals surface area contributed by atoms with E-state index in [-0.39, 0.29) is 5.75 Å². The highest BCUT2D eigenvalue weighted by Crippen LogP contribution is 2.41. The summed E-state index contributed by atoms with van der Waals surface area (Å²) in [5.41, 5.74) is 1.23. The monoisotopic (exact) mass is 350 g/mol. The van der Waals surface area contributed by atoms with E-state index < -0.39 is 32.9 Å². The second-order valence-corrected chi connectivity index (χ2v) is 8.17. The van der Waals surface area contributed by atoms with Gasteiger partial charge in [0, 0.05) is 0 Å². The Kier molecular flexibility index (Phi) is 3.90. The largest absolute Gasteiger partial charge is 0.461 e. The summed E-state index contributed by atoms with van der Waals surface area (Å²) >= 11 is 0. The number of alkyl halides is 4. The molecule has 2 bridgehead atoms. The topological polar surface area (TPSA) is 43.4 Å². The molecule has 0 aromatic heterocycles. The lowest BCUT2D eigenvalue weighted by molar-refractivity contribution is -0.253. The Bertz CT molecular complexity index is 743. The summed E-state index contributed by atoms with van der Waals surface area (Å²) < 4.78 is 78.5. The predicted molar refractivity (Wildman–Crippen MR) is 76.3 cm³/mol. The van der Waals surface area contributed by atoms with Crippen LogP contribution in [0.3, 0.4) is 0 Å². The van der Waals surface area contributed by atoms with Crippen LogP contribution in [0.25, 0.3) is 5.57 Å². The van der Waals surface area contributed by atoms with Crippen LogP contribution >= 0.6 is 0 Å². The lowest BCUT2D eigenvalue weighted by Gasteiger charge is -2.21. The summed E-state index contributed by atoms with van der Waals surface area (Å²) in [6, 6.07) is 5.43. The fourth-order valence-electron chi connectivity index (χ4n) is 3.04. The number of benzene rings is 1. The van der Waals surface area contributed by atoms with Crippen LogP contribution in [0.1, 0.15) is 24.8 Å². The summed E-state index contributed by atoms with van der Waals surface area (Å²) in [5, 5.41) is -1.01. The number of sulfone groups is 1. The van der Waals surface area contributed by atoms with Gasteiger partial charge in [-0.05, 0) is 42.5 Å². The Morgan fingerprint density at radius 2 is 1.96 bits per heavy atom. The minimum atomic E-state index is -4.57. The fourth-order valence-corrected chi connectivity index (χ4v) is 5.22. The van der Waals surface area contributed by atoms with Crippen molar-refractivity contribution in [3.63, 3.8) is 0 Å². The molecule has 2 aliphatic rings. The number of allylic oxidation sites excluding steroid dienone is 1. The lowest BCUT2D eigenvalue weighted by atomic mass is 10.0. The van der Waals surface area contributed by atoms with Crippen LogP contribution in [0.2, 0.25) is 0 Å². The molecule has 3 rings (SSSR count). The Morgan fingerprint density at radius 1 is 1.22 bits per heavy atom.